The van der Waals surface area contributed by atoms with Gasteiger partial charge in [0.15, 0.2) is 5.58 Å². The molecule has 2 unspecified atom stereocenters. The number of anilines is 1. The van der Waals surface area contributed by atoms with E-state index in [1.165, 1.54) is 0 Å². The van der Waals surface area contributed by atoms with Crippen molar-refractivity contribution in [1.29, 1.82) is 0 Å². The van der Waals surface area contributed by atoms with Gasteiger partial charge in [-0.3, -0.25) is 4.98 Å². The van der Waals surface area contributed by atoms with Crippen LogP contribution in [0.15, 0.2) is 53.2 Å². The summed E-state index contributed by atoms with van der Waals surface area (Å²) in [4.78, 5) is 22.6. The van der Waals surface area contributed by atoms with Crippen LogP contribution in [0.3, 0.4) is 0 Å². The number of benzene rings is 2. The summed E-state index contributed by atoms with van der Waals surface area (Å²) in [6.45, 7) is 1.09. The molecule has 0 spiro atoms. The molecule has 4 aromatic rings. The summed E-state index contributed by atoms with van der Waals surface area (Å²) in [7, 11) is 6.43. The van der Waals surface area contributed by atoms with Gasteiger partial charge in [0.1, 0.15) is 28.5 Å². The number of fused-ring (bicyclic) bond motifs is 1. The number of carboxylic acids is 1. The second kappa shape index (κ2) is 13.8. The number of oxazole rings is 1. The van der Waals surface area contributed by atoms with Crippen LogP contribution in [-0.2, 0) is 22.6 Å². The minimum atomic E-state index is -1.22. The van der Waals surface area contributed by atoms with Crippen LogP contribution in [-0.4, -0.2) is 57.1 Å². The molecule has 1 aliphatic heterocycles. The molecule has 2 aromatic carbocycles. The molecule has 1 saturated heterocycles. The van der Waals surface area contributed by atoms with Gasteiger partial charge in [0, 0.05) is 41.6 Å². The van der Waals surface area contributed by atoms with Crippen LogP contribution < -0.4 is 47.8 Å². The molecule has 0 bridgehead atoms. The van der Waals surface area contributed by atoms with Gasteiger partial charge in [0.2, 0.25) is 0 Å². The molecule has 2 aromatic heterocycles. The third-order valence-electron chi connectivity index (χ3n) is 7.28. The van der Waals surface area contributed by atoms with Crippen LogP contribution in [0.2, 0.25) is 0 Å². The first kappa shape index (κ1) is 31.0. The van der Waals surface area contributed by atoms with Crippen LogP contribution in [0.5, 0.6) is 23.0 Å². The van der Waals surface area contributed by atoms with Crippen LogP contribution in [0.4, 0.5) is 6.01 Å². The maximum Gasteiger partial charge on any atom is 1.00 e. The Balaban J connectivity index is 0.00000405. The number of carbonyl (C=O) groups is 1. The van der Waals surface area contributed by atoms with Gasteiger partial charge in [-0.15, -0.1) is 0 Å². The Morgan fingerprint density at radius 3 is 2.12 bits per heavy atom. The molecule has 0 radical (unpaired) electrons. The van der Waals surface area contributed by atoms with E-state index in [2.05, 4.69) is 4.98 Å². The summed E-state index contributed by atoms with van der Waals surface area (Å²) >= 11 is 0. The van der Waals surface area contributed by atoms with E-state index in [1.54, 1.807) is 40.8 Å². The average Bonchev–Trinajstić information content (AvgIpc) is 3.45. The third kappa shape index (κ3) is 6.59. The van der Waals surface area contributed by atoms with Crippen molar-refractivity contribution in [3.8, 4) is 23.0 Å². The second-order valence-electron chi connectivity index (χ2n) is 9.68. The zero-order valence-corrected chi connectivity index (χ0v) is 24.4. The predicted molar refractivity (Wildman–Crippen MR) is 148 cm³/mol. The van der Waals surface area contributed by atoms with E-state index in [4.69, 9.17) is 33.1 Å². The van der Waals surface area contributed by atoms with E-state index in [-0.39, 0.29) is 31.2 Å². The quantitative estimate of drug-likeness (QED) is 0.234. The molecule has 2 atom stereocenters. The molecule has 0 N–H and O–H groups in total. The Morgan fingerprint density at radius 2 is 1.57 bits per heavy atom. The average molecular weight is 570 g/mol. The predicted octanol–water partition coefficient (Wildman–Crippen LogP) is 0.481. The van der Waals surface area contributed by atoms with Crippen LogP contribution in [0, 0.1) is 0 Å². The summed E-state index contributed by atoms with van der Waals surface area (Å²) in [6.07, 6.45) is 3.28. The fraction of sp³-hybridized carbons (Fsp3) is 0.367. The number of methoxy groups -OCH3 is 4. The second-order valence-corrected chi connectivity index (χ2v) is 9.68. The molecule has 3 heterocycles. The number of carboxylic acid groups (broad SMARTS) is 1. The first-order valence-corrected chi connectivity index (χ1v) is 13.2. The van der Waals surface area contributed by atoms with Gasteiger partial charge in [-0.1, -0.05) is 0 Å². The van der Waals surface area contributed by atoms with Crippen molar-refractivity contribution in [3.63, 3.8) is 0 Å². The standard InChI is InChI=1S/C30H33N3O8.Li/c1-36-21-7-5-19(25(12-21)38-3)16-33(17-20-6-8-22(37-2)13-26(20)39-4)30-32-24-15-31-14-23(28(24)41-30)18-9-10-40-27(11-18)29(34)35;/h5-8,12-15,18,27H,9-11,16-17H2,1-4H3,(H,34,35);/q;+1/p-1. The Kier molecular flexibility index (Phi) is 10.2. The zero-order valence-electron chi connectivity index (χ0n) is 24.4. The van der Waals surface area contributed by atoms with Crippen molar-refractivity contribution in [2.75, 3.05) is 39.9 Å². The molecular formula is C30H32LiN3O8. The van der Waals surface area contributed by atoms with E-state index in [0.29, 0.717) is 66.2 Å². The normalized spacial score (nSPS) is 16.4. The summed E-state index contributed by atoms with van der Waals surface area (Å²) < 4.78 is 33.9. The number of hydrogen-bond acceptors (Lipinski definition) is 11. The number of rotatable bonds is 11. The van der Waals surface area contributed by atoms with Crippen molar-refractivity contribution in [1.82, 2.24) is 9.97 Å². The van der Waals surface area contributed by atoms with E-state index >= 15 is 0 Å². The first-order valence-electron chi connectivity index (χ1n) is 13.2. The number of aliphatic carboxylic acids is 1. The van der Waals surface area contributed by atoms with Crippen molar-refractivity contribution in [2.24, 2.45) is 0 Å². The minimum absolute atomic E-state index is 0. The van der Waals surface area contributed by atoms with Crippen molar-refractivity contribution >= 4 is 23.1 Å². The number of aromatic nitrogens is 2. The minimum Gasteiger partial charge on any atom is -0.547 e. The number of carbonyl (C=O) groups excluding carboxylic acids is 1. The van der Waals surface area contributed by atoms with E-state index in [1.807, 2.05) is 41.3 Å². The van der Waals surface area contributed by atoms with Crippen LogP contribution >= 0.6 is 0 Å². The van der Waals surface area contributed by atoms with Gasteiger partial charge >= 0.3 is 18.9 Å². The molecule has 12 heteroatoms. The molecule has 0 amide bonds. The van der Waals surface area contributed by atoms with Gasteiger partial charge in [0.05, 0.1) is 59.8 Å². The molecule has 216 valence electrons. The van der Waals surface area contributed by atoms with Crippen molar-refractivity contribution < 1.29 is 56.9 Å². The molecule has 5 rings (SSSR count). The first-order chi connectivity index (χ1) is 19.9. The summed E-state index contributed by atoms with van der Waals surface area (Å²) in [6, 6.07) is 11.6. The Morgan fingerprint density at radius 1 is 0.952 bits per heavy atom. The molecule has 11 nitrogen and oxygen atoms in total. The fourth-order valence-corrected chi connectivity index (χ4v) is 5.10. The number of nitrogens with zero attached hydrogens (tertiary/aromatic N) is 3. The molecule has 0 aliphatic carbocycles. The van der Waals surface area contributed by atoms with Crippen molar-refractivity contribution in [3.05, 3.63) is 65.5 Å². The molecular weight excluding hydrogens is 537 g/mol. The molecule has 42 heavy (non-hydrogen) atoms. The SMILES string of the molecule is COc1ccc(CN(Cc2ccc(OC)cc2OC)c2nc3cncc(C4CCOC(C(=O)[O-])C4)c3o2)c(OC)c1.[Li+]. The van der Waals surface area contributed by atoms with Gasteiger partial charge in [-0.05, 0) is 43.0 Å². The van der Waals surface area contributed by atoms with Gasteiger partial charge in [0.25, 0.3) is 6.01 Å². The van der Waals surface area contributed by atoms with E-state index < -0.39 is 12.1 Å². The topological polar surface area (TPSA) is 128 Å². The van der Waals surface area contributed by atoms with Gasteiger partial charge < -0.3 is 42.9 Å². The Labute approximate surface area is 255 Å². The fourth-order valence-electron chi connectivity index (χ4n) is 5.10. The summed E-state index contributed by atoms with van der Waals surface area (Å²) in [5.41, 5.74) is 3.71. The Hall–Kier alpha value is -3.91. The molecule has 0 saturated carbocycles. The van der Waals surface area contributed by atoms with Crippen LogP contribution in [0.25, 0.3) is 11.1 Å². The number of pyridine rings is 1. The zero-order chi connectivity index (χ0) is 28.9. The maximum absolute atomic E-state index is 11.5. The van der Waals surface area contributed by atoms with Crippen LogP contribution in [0.1, 0.15) is 35.4 Å². The maximum atomic E-state index is 11.5. The van der Waals surface area contributed by atoms with Gasteiger partial charge in [-0.25, -0.2) is 0 Å². The summed E-state index contributed by atoms with van der Waals surface area (Å²) in [5.74, 6) is 1.33. The molecule has 1 aliphatic rings. The smallest absolute Gasteiger partial charge is 0.547 e. The van der Waals surface area contributed by atoms with E-state index in [0.717, 1.165) is 16.7 Å². The van der Waals surface area contributed by atoms with E-state index in [9.17, 15) is 9.90 Å². The van der Waals surface area contributed by atoms with Crippen molar-refractivity contribution in [2.45, 2.75) is 38.0 Å². The number of ether oxygens (including phenoxy) is 5. The third-order valence-corrected chi connectivity index (χ3v) is 7.28. The Bertz CT molecular complexity index is 1470. The van der Waals surface area contributed by atoms with Gasteiger partial charge in [-0.2, -0.15) is 4.98 Å². The molecule has 1 fully saturated rings. The number of hydrogen-bond donors (Lipinski definition) is 0. The largest absolute Gasteiger partial charge is 1.00 e. The summed E-state index contributed by atoms with van der Waals surface area (Å²) in [5, 5.41) is 11.5. The monoisotopic (exact) mass is 569 g/mol.